The molecular weight excluding hydrogens is 849 g/mol. The van der Waals surface area contributed by atoms with Crippen molar-refractivity contribution in [3.8, 4) is 33.5 Å². The Labute approximate surface area is 333 Å². The van der Waals surface area contributed by atoms with Crippen LogP contribution >= 0.6 is 11.3 Å². The summed E-state index contributed by atoms with van der Waals surface area (Å²) in [7, 11) is 0. The van der Waals surface area contributed by atoms with Crippen molar-refractivity contribution in [1.82, 2.24) is 9.97 Å². The van der Waals surface area contributed by atoms with Crippen LogP contribution in [-0.2, 0) is 44.2 Å². The molecule has 6 heteroatoms. The molecule has 7 rings (SSSR count). The molecule has 1 aliphatic carbocycles. The van der Waals surface area contributed by atoms with Crippen molar-refractivity contribution >= 4 is 38.0 Å². The first kappa shape index (κ1) is 40.2. The van der Waals surface area contributed by atoms with Gasteiger partial charge in [0.15, 0.2) is 5.78 Å². The van der Waals surface area contributed by atoms with Gasteiger partial charge >= 0.3 is 0 Å². The number of ketones is 1. The van der Waals surface area contributed by atoms with Gasteiger partial charge in [0.2, 0.25) is 0 Å². The third-order valence-electron chi connectivity index (χ3n) is 10.5. The van der Waals surface area contributed by atoms with Gasteiger partial charge in [0.25, 0.3) is 0 Å². The Morgan fingerprint density at radius 2 is 1.51 bits per heavy atom. The zero-order valence-electron chi connectivity index (χ0n) is 31.8. The summed E-state index contributed by atoms with van der Waals surface area (Å²) in [5, 5.41) is 13.4. The third kappa shape index (κ3) is 8.72. The van der Waals surface area contributed by atoms with E-state index >= 15 is 0 Å². The first-order valence-electron chi connectivity index (χ1n) is 19.1. The van der Waals surface area contributed by atoms with Gasteiger partial charge in [-0.2, -0.15) is 0 Å². The molecule has 1 radical (unpaired) electrons. The molecule has 53 heavy (non-hydrogen) atoms. The van der Waals surface area contributed by atoms with Crippen LogP contribution in [-0.4, -0.2) is 20.9 Å². The summed E-state index contributed by atoms with van der Waals surface area (Å²) in [6, 6.07) is 29.6. The van der Waals surface area contributed by atoms with Crippen molar-refractivity contribution in [2.45, 2.75) is 86.5 Å². The predicted molar refractivity (Wildman–Crippen MR) is 220 cm³/mol. The Kier molecular flexibility index (Phi) is 14.0. The third-order valence-corrected chi connectivity index (χ3v) is 11.8. The van der Waals surface area contributed by atoms with Crippen molar-refractivity contribution < 1.29 is 30.0 Å². The second-order valence-corrected chi connectivity index (χ2v) is 15.4. The van der Waals surface area contributed by atoms with Gasteiger partial charge in [-0.3, -0.25) is 14.8 Å². The van der Waals surface area contributed by atoms with E-state index in [0.717, 1.165) is 61.6 Å². The standard InChI is InChI=1S/C34H27N2S.C13H24O2.Ir/c1-21(2)18-30-26-12-13-31-32(27(26)14-16-35-30)28-15-17-36-33(34(28)37-31)24-19-23-10-6-7-11-25(23)29(20-24)22-8-4-3-5-9-22;1-5-10(6-2)12(14)9-13(15)11(7-3)8-4;/h3-11,14-17,20-21H,12-13,18H2,1-2H3;9-11,14H,5-8H2,1-4H3;/q-1;;/b;12-9-;. The van der Waals surface area contributed by atoms with E-state index in [-0.39, 0.29) is 43.5 Å². The minimum absolute atomic E-state index is 0. The average Bonchev–Trinajstić information content (AvgIpc) is 3.55. The van der Waals surface area contributed by atoms with E-state index in [2.05, 4.69) is 92.7 Å². The molecule has 3 aromatic carbocycles. The largest absolute Gasteiger partial charge is 0.512 e. The molecule has 277 valence electrons. The summed E-state index contributed by atoms with van der Waals surface area (Å²) in [4.78, 5) is 22.9. The second kappa shape index (κ2) is 18.4. The molecule has 3 aromatic heterocycles. The fourth-order valence-electron chi connectivity index (χ4n) is 7.58. The normalized spacial score (nSPS) is 12.4. The number of hydrogen-bond donors (Lipinski definition) is 1. The number of fused-ring (bicyclic) bond motifs is 6. The van der Waals surface area contributed by atoms with E-state index in [1.165, 1.54) is 59.9 Å². The van der Waals surface area contributed by atoms with Crippen LogP contribution in [0.3, 0.4) is 0 Å². The number of aryl methyl sites for hydroxylation is 1. The van der Waals surface area contributed by atoms with Crippen molar-refractivity contribution in [2.24, 2.45) is 17.8 Å². The Morgan fingerprint density at radius 1 is 0.830 bits per heavy atom. The van der Waals surface area contributed by atoms with Crippen LogP contribution < -0.4 is 0 Å². The Balaban J connectivity index is 0.000000290. The number of benzene rings is 3. The maximum absolute atomic E-state index is 11.7. The summed E-state index contributed by atoms with van der Waals surface area (Å²) < 4.78 is 1.26. The van der Waals surface area contributed by atoms with Crippen LogP contribution in [0.5, 0.6) is 0 Å². The number of thiophene rings is 1. The molecule has 0 spiro atoms. The van der Waals surface area contributed by atoms with Crippen LogP contribution in [0.1, 0.15) is 83.4 Å². The van der Waals surface area contributed by atoms with Gasteiger partial charge in [-0.1, -0.05) is 107 Å². The molecule has 0 fully saturated rings. The fourth-order valence-corrected chi connectivity index (χ4v) is 8.89. The Morgan fingerprint density at radius 3 is 2.21 bits per heavy atom. The quantitative estimate of drug-likeness (QED) is 0.0799. The van der Waals surface area contributed by atoms with Gasteiger partial charge in [-0.05, 0) is 85.1 Å². The van der Waals surface area contributed by atoms with Crippen molar-refractivity contribution in [3.63, 3.8) is 0 Å². The molecule has 0 aliphatic heterocycles. The van der Waals surface area contributed by atoms with E-state index in [9.17, 15) is 9.90 Å². The molecule has 0 amide bonds. The molecule has 0 saturated carbocycles. The summed E-state index contributed by atoms with van der Waals surface area (Å²) in [6.45, 7) is 12.6. The van der Waals surface area contributed by atoms with Crippen molar-refractivity contribution in [1.29, 1.82) is 0 Å². The number of rotatable bonds is 11. The maximum Gasteiger partial charge on any atom is 0.162 e. The van der Waals surface area contributed by atoms with E-state index in [1.807, 2.05) is 51.4 Å². The molecule has 1 aliphatic rings. The maximum atomic E-state index is 11.7. The second-order valence-electron chi connectivity index (χ2n) is 14.3. The van der Waals surface area contributed by atoms with Gasteiger partial charge in [-0.15, -0.1) is 34.9 Å². The van der Waals surface area contributed by atoms with Crippen LogP contribution in [0.25, 0.3) is 54.4 Å². The number of allylic oxidation sites excluding steroid dienone is 2. The van der Waals surface area contributed by atoms with E-state index in [0.29, 0.717) is 5.92 Å². The van der Waals surface area contributed by atoms with Gasteiger partial charge in [0.05, 0.1) is 5.76 Å². The number of aliphatic hydroxyl groups is 1. The van der Waals surface area contributed by atoms with Crippen LogP contribution in [0.4, 0.5) is 0 Å². The number of hydrogen-bond acceptors (Lipinski definition) is 5. The summed E-state index contributed by atoms with van der Waals surface area (Å²) in [6.07, 6.45) is 12.0. The van der Waals surface area contributed by atoms with Gasteiger partial charge in [0, 0.05) is 76.9 Å². The molecule has 0 bridgehead atoms. The van der Waals surface area contributed by atoms with Gasteiger partial charge in [0.1, 0.15) is 0 Å². The molecule has 0 saturated heterocycles. The summed E-state index contributed by atoms with van der Waals surface area (Å²) in [5.74, 6) is 1.14. The number of carbonyl (C=O) groups is 1. The SMILES string of the molecule is CC(C)Cc1nccc2c1CCc1sc3c(-c4[c-]c5ccccc5c(-c5ccccc5)c4)nccc3c1-2.CCC(CC)C(=O)/C=C(\O)C(CC)CC.[Ir]. The number of pyridine rings is 2. The van der Waals surface area contributed by atoms with E-state index < -0.39 is 0 Å². The zero-order valence-corrected chi connectivity index (χ0v) is 35.0. The number of aromatic nitrogens is 2. The average molecular weight is 900 g/mol. The van der Waals surface area contributed by atoms with E-state index in [4.69, 9.17) is 9.97 Å². The molecular formula is C47H51IrN2O2S-. The zero-order chi connectivity index (χ0) is 36.8. The summed E-state index contributed by atoms with van der Waals surface area (Å²) in [5.41, 5.74) is 9.97. The minimum atomic E-state index is 0. The Hall–Kier alpha value is -3.96. The first-order chi connectivity index (χ1) is 25.3. The first-order valence-corrected chi connectivity index (χ1v) is 19.9. The molecule has 1 N–H and O–H groups in total. The van der Waals surface area contributed by atoms with Crippen molar-refractivity contribution in [3.05, 3.63) is 119 Å². The molecule has 6 aromatic rings. The topological polar surface area (TPSA) is 63.1 Å². The number of aliphatic hydroxyl groups excluding tert-OH is 1. The van der Waals surface area contributed by atoms with E-state index in [1.54, 1.807) is 0 Å². The monoisotopic (exact) mass is 900 g/mol. The molecule has 0 atom stereocenters. The Bertz CT molecular complexity index is 2200. The van der Waals surface area contributed by atoms with Crippen LogP contribution in [0.2, 0.25) is 0 Å². The predicted octanol–water partition coefficient (Wildman–Crippen LogP) is 12.8. The number of nitrogens with zero attached hydrogens (tertiary/aromatic N) is 2. The smallest absolute Gasteiger partial charge is 0.162 e. The molecule has 3 heterocycles. The van der Waals surface area contributed by atoms with Crippen LogP contribution in [0, 0.1) is 23.8 Å². The van der Waals surface area contributed by atoms with Gasteiger partial charge < -0.3 is 5.11 Å². The van der Waals surface area contributed by atoms with Gasteiger partial charge in [-0.25, -0.2) is 0 Å². The molecule has 4 nitrogen and oxygen atoms in total. The van der Waals surface area contributed by atoms with Crippen molar-refractivity contribution in [2.75, 3.05) is 0 Å². The van der Waals surface area contributed by atoms with Crippen LogP contribution in [0.15, 0.2) is 97.0 Å². The minimum Gasteiger partial charge on any atom is -0.512 e. The molecule has 0 unspecified atom stereocenters. The fraction of sp³-hybridized carbons (Fsp3) is 0.340. The number of carbonyl (C=O) groups excluding carboxylic acids is 1. The summed E-state index contributed by atoms with van der Waals surface area (Å²) >= 11 is 1.91.